The van der Waals surface area contributed by atoms with Crippen molar-refractivity contribution in [3.8, 4) is 0 Å². The predicted octanol–water partition coefficient (Wildman–Crippen LogP) is 4.13. The molecule has 1 saturated heterocycles. The van der Waals surface area contributed by atoms with E-state index in [-0.39, 0.29) is 11.8 Å². The van der Waals surface area contributed by atoms with Crippen LogP contribution in [-0.4, -0.2) is 48.7 Å². The lowest BCUT2D eigenvalue weighted by Gasteiger charge is -2.32. The Labute approximate surface area is 216 Å². The fourth-order valence-corrected chi connectivity index (χ4v) is 5.71. The van der Waals surface area contributed by atoms with Crippen molar-refractivity contribution in [1.82, 2.24) is 29.2 Å². The Morgan fingerprint density at radius 2 is 1.84 bits per heavy atom. The summed E-state index contributed by atoms with van der Waals surface area (Å²) in [5.41, 5.74) is 5.53. The van der Waals surface area contributed by atoms with E-state index in [1.54, 1.807) is 6.20 Å². The van der Waals surface area contributed by atoms with Gasteiger partial charge in [-0.2, -0.15) is 0 Å². The first-order valence-corrected chi connectivity index (χ1v) is 13.2. The van der Waals surface area contributed by atoms with Crippen molar-refractivity contribution in [2.45, 2.75) is 58.0 Å². The summed E-state index contributed by atoms with van der Waals surface area (Å²) in [5, 5.41) is 3.00. The van der Waals surface area contributed by atoms with Crippen molar-refractivity contribution in [3.05, 3.63) is 88.9 Å². The summed E-state index contributed by atoms with van der Waals surface area (Å²) in [4.78, 5) is 36.9. The molecule has 2 amide bonds. The number of fused-ring (bicyclic) bond motifs is 2. The minimum absolute atomic E-state index is 0.0797. The Morgan fingerprint density at radius 1 is 1.03 bits per heavy atom. The molecule has 8 nitrogen and oxygen atoms in total. The zero-order valence-corrected chi connectivity index (χ0v) is 21.2. The number of nitrogens with one attached hydrogen (secondary N) is 1. The third-order valence-corrected chi connectivity index (χ3v) is 7.85. The van der Waals surface area contributed by atoms with Gasteiger partial charge >= 0.3 is 0 Å². The Kier molecular flexibility index (Phi) is 6.24. The van der Waals surface area contributed by atoms with E-state index in [0.717, 1.165) is 74.5 Å². The number of carbonyl (C=O) groups is 2. The van der Waals surface area contributed by atoms with Crippen LogP contribution in [0.2, 0.25) is 0 Å². The number of benzene rings is 1. The van der Waals surface area contributed by atoms with Crippen LogP contribution >= 0.6 is 0 Å². The van der Waals surface area contributed by atoms with Gasteiger partial charge in [0.15, 0.2) is 0 Å². The van der Waals surface area contributed by atoms with E-state index in [4.69, 9.17) is 0 Å². The van der Waals surface area contributed by atoms with Gasteiger partial charge in [-0.3, -0.25) is 9.59 Å². The SMILES string of the molecule is Cc1nc(C(=O)N2CCC(c3ccc(C(=O)NCc4ccn5ccnc5c4)cc3)CC2)c2n1CCCC2. The van der Waals surface area contributed by atoms with Crippen molar-refractivity contribution in [2.75, 3.05) is 13.1 Å². The Morgan fingerprint density at radius 3 is 2.65 bits per heavy atom. The third kappa shape index (κ3) is 4.63. The normalized spacial score (nSPS) is 16.1. The molecule has 1 fully saturated rings. The number of piperidine rings is 1. The van der Waals surface area contributed by atoms with E-state index in [1.807, 2.05) is 52.9 Å². The van der Waals surface area contributed by atoms with Crippen molar-refractivity contribution < 1.29 is 9.59 Å². The molecule has 5 heterocycles. The van der Waals surface area contributed by atoms with Crippen molar-refractivity contribution in [2.24, 2.45) is 0 Å². The van der Waals surface area contributed by atoms with Gasteiger partial charge in [0.2, 0.25) is 0 Å². The maximum atomic E-state index is 13.3. The van der Waals surface area contributed by atoms with Crippen LogP contribution < -0.4 is 5.32 Å². The molecule has 190 valence electrons. The molecule has 37 heavy (non-hydrogen) atoms. The molecule has 1 aromatic carbocycles. The molecule has 0 atom stereocenters. The van der Waals surface area contributed by atoms with E-state index in [1.165, 1.54) is 5.56 Å². The first-order valence-electron chi connectivity index (χ1n) is 13.2. The van der Waals surface area contributed by atoms with Crippen LogP contribution in [0.1, 0.15) is 75.1 Å². The highest BCUT2D eigenvalue weighted by Crippen LogP contribution is 2.30. The van der Waals surface area contributed by atoms with E-state index in [2.05, 4.69) is 32.0 Å². The third-order valence-electron chi connectivity index (χ3n) is 7.85. The molecular formula is C29H32N6O2. The molecule has 0 spiro atoms. The number of pyridine rings is 1. The number of aryl methyl sites for hydroxylation is 1. The first kappa shape index (κ1) is 23.5. The summed E-state index contributed by atoms with van der Waals surface area (Å²) in [6.07, 6.45) is 10.7. The second-order valence-electron chi connectivity index (χ2n) is 10.2. The summed E-state index contributed by atoms with van der Waals surface area (Å²) in [7, 11) is 0. The van der Waals surface area contributed by atoms with Gasteiger partial charge in [-0.05, 0) is 80.3 Å². The molecule has 0 bridgehead atoms. The van der Waals surface area contributed by atoms with Crippen molar-refractivity contribution >= 4 is 17.5 Å². The first-order chi connectivity index (χ1) is 18.1. The van der Waals surface area contributed by atoms with Gasteiger partial charge in [0.1, 0.15) is 17.2 Å². The number of amides is 2. The number of likely N-dealkylation sites (tertiary alicyclic amines) is 1. The van der Waals surface area contributed by atoms with Gasteiger partial charge in [0, 0.05) is 50.3 Å². The van der Waals surface area contributed by atoms with Crippen molar-refractivity contribution in [3.63, 3.8) is 0 Å². The van der Waals surface area contributed by atoms with Crippen LogP contribution in [0, 0.1) is 6.92 Å². The Bertz CT molecular complexity index is 1440. The molecule has 0 saturated carbocycles. The highest BCUT2D eigenvalue weighted by Gasteiger charge is 2.29. The summed E-state index contributed by atoms with van der Waals surface area (Å²) >= 11 is 0. The number of carbonyl (C=O) groups excluding carboxylic acids is 2. The van der Waals surface area contributed by atoms with Gasteiger partial charge in [-0.15, -0.1) is 0 Å². The largest absolute Gasteiger partial charge is 0.348 e. The molecule has 2 aliphatic heterocycles. The maximum Gasteiger partial charge on any atom is 0.274 e. The topological polar surface area (TPSA) is 84.5 Å². The van der Waals surface area contributed by atoms with Gasteiger partial charge in [0.05, 0.1) is 5.69 Å². The van der Waals surface area contributed by atoms with Gasteiger partial charge in [0.25, 0.3) is 11.8 Å². The smallest absolute Gasteiger partial charge is 0.274 e. The minimum atomic E-state index is -0.0890. The van der Waals surface area contributed by atoms with Crippen LogP contribution in [0.3, 0.4) is 0 Å². The van der Waals surface area contributed by atoms with E-state index < -0.39 is 0 Å². The monoisotopic (exact) mass is 496 g/mol. The predicted molar refractivity (Wildman–Crippen MR) is 141 cm³/mol. The Hall–Kier alpha value is -3.94. The molecule has 2 aliphatic rings. The summed E-state index contributed by atoms with van der Waals surface area (Å²) in [6.45, 7) is 4.90. The van der Waals surface area contributed by atoms with Crippen LogP contribution in [0.5, 0.6) is 0 Å². The molecule has 3 aromatic heterocycles. The average molecular weight is 497 g/mol. The van der Waals surface area contributed by atoms with Crippen LogP contribution in [0.15, 0.2) is 55.0 Å². The molecule has 8 heteroatoms. The number of hydrogen-bond donors (Lipinski definition) is 1. The van der Waals surface area contributed by atoms with Crippen molar-refractivity contribution in [1.29, 1.82) is 0 Å². The number of hydrogen-bond acceptors (Lipinski definition) is 4. The zero-order valence-electron chi connectivity index (χ0n) is 21.2. The zero-order chi connectivity index (χ0) is 25.4. The molecule has 1 N–H and O–H groups in total. The van der Waals surface area contributed by atoms with Crippen LogP contribution in [0.4, 0.5) is 0 Å². The number of aromatic nitrogens is 4. The molecule has 6 rings (SSSR count). The lowest BCUT2D eigenvalue weighted by molar-refractivity contribution is 0.0705. The highest BCUT2D eigenvalue weighted by molar-refractivity contribution is 5.94. The standard InChI is InChI=1S/C29H32N6O2/c1-20-32-27(25-4-2-3-13-35(20)25)29(37)34-15-10-23(11-16-34)22-5-7-24(8-6-22)28(36)31-19-21-9-14-33-17-12-30-26(33)18-21/h5-9,12,14,17-18,23H,2-4,10-11,13,15-16,19H2,1H3,(H,31,36). The quantitative estimate of drug-likeness (QED) is 0.450. The fourth-order valence-electron chi connectivity index (χ4n) is 5.71. The van der Waals surface area contributed by atoms with Gasteiger partial charge in [-0.25, -0.2) is 9.97 Å². The summed E-state index contributed by atoms with van der Waals surface area (Å²) in [6, 6.07) is 11.9. The molecule has 0 aliphatic carbocycles. The maximum absolute atomic E-state index is 13.3. The summed E-state index contributed by atoms with van der Waals surface area (Å²) in [5.74, 6) is 1.33. The number of nitrogens with zero attached hydrogens (tertiary/aromatic N) is 5. The highest BCUT2D eigenvalue weighted by atomic mass is 16.2. The second-order valence-corrected chi connectivity index (χ2v) is 10.2. The lowest BCUT2D eigenvalue weighted by atomic mass is 9.88. The average Bonchev–Trinajstić information content (AvgIpc) is 3.55. The van der Waals surface area contributed by atoms with Gasteiger partial charge in [-0.1, -0.05) is 12.1 Å². The van der Waals surface area contributed by atoms with E-state index in [9.17, 15) is 9.59 Å². The fraction of sp³-hybridized carbons (Fsp3) is 0.379. The lowest BCUT2D eigenvalue weighted by Crippen LogP contribution is -2.38. The van der Waals surface area contributed by atoms with Crippen LogP contribution in [0.25, 0.3) is 5.65 Å². The number of imidazole rings is 2. The molecule has 0 unspecified atom stereocenters. The summed E-state index contributed by atoms with van der Waals surface area (Å²) < 4.78 is 4.16. The second kappa shape index (κ2) is 9.84. The van der Waals surface area contributed by atoms with Gasteiger partial charge < -0.3 is 19.2 Å². The van der Waals surface area contributed by atoms with E-state index >= 15 is 0 Å². The van der Waals surface area contributed by atoms with Crippen LogP contribution in [-0.2, 0) is 19.5 Å². The van der Waals surface area contributed by atoms with E-state index in [0.29, 0.717) is 23.7 Å². The molecule has 0 radical (unpaired) electrons. The minimum Gasteiger partial charge on any atom is -0.348 e. The Balaban J connectivity index is 1.04. The molecular weight excluding hydrogens is 464 g/mol. The molecule has 4 aromatic rings. The number of rotatable bonds is 5.